The lowest BCUT2D eigenvalue weighted by atomic mass is 10.1. The second-order valence-corrected chi connectivity index (χ2v) is 11.5. The Morgan fingerprint density at radius 1 is 1.00 bits per heavy atom. The fourth-order valence-electron chi connectivity index (χ4n) is 4.28. The summed E-state index contributed by atoms with van der Waals surface area (Å²) in [5, 5.41) is 10.2. The van der Waals surface area contributed by atoms with Crippen LogP contribution in [0.25, 0.3) is 21.8 Å². The molecule has 3 aromatic carbocycles. The van der Waals surface area contributed by atoms with E-state index in [0.29, 0.717) is 63.3 Å². The SMILES string of the molecule is CCNc1nc(-c2cccc(NC(=O)c3c(F)cccc3F)c2)c(-c2ccnc(Nc3ccc(OCCN(C)C)c(Cl)c3)n2)s1. The first-order chi connectivity index (χ1) is 21.7. The summed E-state index contributed by atoms with van der Waals surface area (Å²) >= 11 is 7.87. The third kappa shape index (κ3) is 7.90. The maximum atomic E-state index is 14.2. The van der Waals surface area contributed by atoms with Crippen molar-refractivity contribution in [2.75, 3.05) is 49.7 Å². The van der Waals surface area contributed by atoms with Crippen molar-refractivity contribution in [1.82, 2.24) is 19.9 Å². The van der Waals surface area contributed by atoms with Gasteiger partial charge in [-0.05, 0) is 69.6 Å². The smallest absolute Gasteiger partial charge is 0.261 e. The molecule has 5 aromatic rings. The minimum atomic E-state index is -0.944. The summed E-state index contributed by atoms with van der Waals surface area (Å²) in [6.45, 7) is 3.90. The summed E-state index contributed by atoms with van der Waals surface area (Å²) in [6, 6.07) is 17.3. The molecule has 5 rings (SSSR count). The molecule has 0 fully saturated rings. The van der Waals surface area contributed by atoms with Gasteiger partial charge in [0.15, 0.2) is 5.13 Å². The van der Waals surface area contributed by atoms with Gasteiger partial charge >= 0.3 is 0 Å². The third-order valence-electron chi connectivity index (χ3n) is 6.41. The quantitative estimate of drug-likeness (QED) is 0.127. The minimum Gasteiger partial charge on any atom is -0.491 e. The zero-order valence-corrected chi connectivity index (χ0v) is 26.3. The van der Waals surface area contributed by atoms with E-state index in [9.17, 15) is 13.6 Å². The Morgan fingerprint density at radius 3 is 2.51 bits per heavy atom. The molecule has 3 N–H and O–H groups in total. The molecular weight excluding hydrogens is 620 g/mol. The highest BCUT2D eigenvalue weighted by Gasteiger charge is 2.20. The van der Waals surface area contributed by atoms with Gasteiger partial charge in [-0.15, -0.1) is 0 Å². The fraction of sp³-hybridized carbons (Fsp3) is 0.188. The number of hydrogen-bond acceptors (Lipinski definition) is 9. The van der Waals surface area contributed by atoms with Crippen molar-refractivity contribution in [3.05, 3.63) is 95.1 Å². The van der Waals surface area contributed by atoms with Crippen LogP contribution in [0.5, 0.6) is 5.75 Å². The number of rotatable bonds is 12. The number of nitrogens with one attached hydrogen (secondary N) is 3. The van der Waals surface area contributed by atoms with Crippen LogP contribution in [-0.2, 0) is 0 Å². The average molecular weight is 650 g/mol. The maximum Gasteiger partial charge on any atom is 0.261 e. The number of hydrogen-bond donors (Lipinski definition) is 3. The number of ether oxygens (including phenoxy) is 1. The van der Waals surface area contributed by atoms with Gasteiger partial charge in [-0.3, -0.25) is 4.79 Å². The first kappa shape index (κ1) is 31.8. The molecule has 13 heteroatoms. The fourth-order valence-corrected chi connectivity index (χ4v) is 5.54. The minimum absolute atomic E-state index is 0.347. The van der Waals surface area contributed by atoms with E-state index in [1.165, 1.54) is 17.4 Å². The zero-order chi connectivity index (χ0) is 31.9. The summed E-state index contributed by atoms with van der Waals surface area (Å²) in [5.41, 5.74) is 2.27. The van der Waals surface area contributed by atoms with Crippen LogP contribution in [0.2, 0.25) is 5.02 Å². The van der Waals surface area contributed by atoms with Gasteiger partial charge < -0.3 is 25.6 Å². The molecule has 0 unspecified atom stereocenters. The van der Waals surface area contributed by atoms with Gasteiger partial charge in [0.1, 0.15) is 29.6 Å². The summed E-state index contributed by atoms with van der Waals surface area (Å²) in [6.07, 6.45) is 1.64. The van der Waals surface area contributed by atoms with E-state index in [1.807, 2.05) is 38.1 Å². The predicted molar refractivity (Wildman–Crippen MR) is 176 cm³/mol. The van der Waals surface area contributed by atoms with Crippen LogP contribution in [-0.4, -0.2) is 59.6 Å². The number of anilines is 4. The number of nitrogens with zero attached hydrogens (tertiary/aromatic N) is 4. The highest BCUT2D eigenvalue weighted by Crippen LogP contribution is 2.39. The van der Waals surface area contributed by atoms with Gasteiger partial charge in [0.25, 0.3) is 5.91 Å². The molecule has 0 saturated carbocycles. The van der Waals surface area contributed by atoms with Gasteiger partial charge in [-0.1, -0.05) is 41.1 Å². The van der Waals surface area contributed by atoms with Crippen LogP contribution < -0.4 is 20.7 Å². The van der Waals surface area contributed by atoms with Gasteiger partial charge in [0.2, 0.25) is 5.95 Å². The van der Waals surface area contributed by atoms with E-state index in [1.54, 1.807) is 42.6 Å². The van der Waals surface area contributed by atoms with E-state index in [2.05, 4.69) is 20.9 Å². The average Bonchev–Trinajstić information content (AvgIpc) is 3.43. The highest BCUT2D eigenvalue weighted by molar-refractivity contribution is 7.19. The largest absolute Gasteiger partial charge is 0.491 e. The summed E-state index contributed by atoms with van der Waals surface area (Å²) in [7, 11) is 3.94. The van der Waals surface area contributed by atoms with Gasteiger partial charge in [0, 0.05) is 36.2 Å². The Kier molecular flexibility index (Phi) is 10.2. The predicted octanol–water partition coefficient (Wildman–Crippen LogP) is 7.57. The van der Waals surface area contributed by atoms with Gasteiger partial charge in [-0.25, -0.2) is 23.7 Å². The standard InChI is InChI=1S/C32H30ClF2N7O2S/c1-4-36-32-41-28(19-7-5-8-20(17-19)38-30(43)27-23(34)9-6-10-24(27)35)29(45-32)25-13-14-37-31(40-25)39-21-11-12-26(22(33)18-21)44-16-15-42(2)3/h5-14,17-18H,4,15-16H2,1-3H3,(H,36,41)(H,38,43)(H,37,39,40). The topological polar surface area (TPSA) is 104 Å². The maximum absolute atomic E-state index is 14.2. The molecule has 0 bridgehead atoms. The normalized spacial score (nSPS) is 11.0. The molecule has 0 saturated heterocycles. The van der Waals surface area contributed by atoms with Crippen LogP contribution in [0.1, 0.15) is 17.3 Å². The number of likely N-dealkylation sites (N-methyl/N-ethyl adjacent to an activating group) is 1. The monoisotopic (exact) mass is 649 g/mol. The van der Waals surface area contributed by atoms with Crippen molar-refractivity contribution in [2.45, 2.75) is 6.92 Å². The number of carbonyl (C=O) groups is 1. The van der Waals surface area contributed by atoms with Crippen molar-refractivity contribution >= 4 is 51.3 Å². The number of aromatic nitrogens is 3. The van der Waals surface area contributed by atoms with E-state index in [4.69, 9.17) is 26.3 Å². The molecule has 0 radical (unpaired) electrons. The molecule has 0 aliphatic rings. The number of amides is 1. The van der Waals surface area contributed by atoms with Gasteiger partial charge in [-0.2, -0.15) is 0 Å². The van der Waals surface area contributed by atoms with E-state index < -0.39 is 23.1 Å². The van der Waals surface area contributed by atoms with Crippen LogP contribution in [0, 0.1) is 11.6 Å². The van der Waals surface area contributed by atoms with Crippen molar-refractivity contribution in [3.8, 4) is 27.6 Å². The van der Waals surface area contributed by atoms with Crippen molar-refractivity contribution in [3.63, 3.8) is 0 Å². The molecule has 1 amide bonds. The van der Waals surface area contributed by atoms with E-state index >= 15 is 0 Å². The molecule has 0 aliphatic carbocycles. The number of thiazole rings is 1. The lowest BCUT2D eigenvalue weighted by molar-refractivity contribution is 0.101. The Morgan fingerprint density at radius 2 is 1.78 bits per heavy atom. The Hall–Kier alpha value is -4.65. The Balaban J connectivity index is 1.40. The zero-order valence-electron chi connectivity index (χ0n) is 24.7. The molecule has 0 spiro atoms. The molecule has 0 aliphatic heterocycles. The van der Waals surface area contributed by atoms with E-state index in [0.717, 1.165) is 23.6 Å². The van der Waals surface area contributed by atoms with Crippen molar-refractivity contribution in [1.29, 1.82) is 0 Å². The molecule has 0 atom stereocenters. The van der Waals surface area contributed by atoms with Gasteiger partial charge in [0.05, 0.1) is 21.3 Å². The molecule has 9 nitrogen and oxygen atoms in total. The molecule has 232 valence electrons. The first-order valence-corrected chi connectivity index (χ1v) is 15.2. The number of benzene rings is 3. The number of halogens is 3. The van der Waals surface area contributed by atoms with Crippen molar-refractivity contribution < 1.29 is 18.3 Å². The van der Waals surface area contributed by atoms with Crippen LogP contribution in [0.3, 0.4) is 0 Å². The molecular formula is C32H30ClF2N7O2S. The summed E-state index contributed by atoms with van der Waals surface area (Å²) in [5.74, 6) is -1.85. The Bertz CT molecular complexity index is 1800. The molecule has 45 heavy (non-hydrogen) atoms. The van der Waals surface area contributed by atoms with Crippen LogP contribution in [0.15, 0.2) is 72.9 Å². The molecule has 2 heterocycles. The third-order valence-corrected chi connectivity index (χ3v) is 7.74. The van der Waals surface area contributed by atoms with Crippen LogP contribution in [0.4, 0.5) is 31.2 Å². The van der Waals surface area contributed by atoms with E-state index in [-0.39, 0.29) is 0 Å². The second kappa shape index (κ2) is 14.4. The second-order valence-electron chi connectivity index (χ2n) is 10.0. The highest BCUT2D eigenvalue weighted by atomic mass is 35.5. The lowest BCUT2D eigenvalue weighted by Gasteiger charge is -2.13. The lowest BCUT2D eigenvalue weighted by Crippen LogP contribution is -2.19. The Labute approximate surface area is 268 Å². The summed E-state index contributed by atoms with van der Waals surface area (Å²) < 4.78 is 34.2. The molecule has 2 aromatic heterocycles. The van der Waals surface area contributed by atoms with Crippen molar-refractivity contribution in [2.24, 2.45) is 0 Å². The van der Waals surface area contributed by atoms with Crippen LogP contribution >= 0.6 is 22.9 Å². The number of carbonyl (C=O) groups excluding carboxylic acids is 1. The first-order valence-electron chi connectivity index (χ1n) is 14.0. The summed E-state index contributed by atoms with van der Waals surface area (Å²) in [4.78, 5) is 29.4.